The smallest absolute Gasteiger partial charge is 0.280 e. The molecule has 0 aliphatic carbocycles. The van der Waals surface area contributed by atoms with Gasteiger partial charge in [-0.2, -0.15) is 18.3 Å². The van der Waals surface area contributed by atoms with Crippen LogP contribution < -0.4 is 5.84 Å². The molecule has 0 aliphatic heterocycles. The second-order valence-electron chi connectivity index (χ2n) is 2.71. The van der Waals surface area contributed by atoms with Crippen LogP contribution in [-0.4, -0.2) is 28.2 Å². The van der Waals surface area contributed by atoms with E-state index in [-0.39, 0.29) is 0 Å². The molecule has 1 heterocycles. The zero-order valence-corrected chi connectivity index (χ0v) is 7.62. The number of nitrogens with zero attached hydrogens (tertiary/aromatic N) is 3. The number of rotatable bonds is 1. The van der Waals surface area contributed by atoms with Crippen LogP contribution in [-0.2, 0) is 6.18 Å². The van der Waals surface area contributed by atoms with Crippen LogP contribution in [0.2, 0.25) is 0 Å². The SMILES string of the molecule is CN(N)C(=O)c1ccnnc1C(F)(F)F. The summed E-state index contributed by atoms with van der Waals surface area (Å²) in [7, 11) is 1.14. The first kappa shape index (κ1) is 11.4. The Kier molecular flexibility index (Phi) is 2.89. The highest BCUT2D eigenvalue weighted by molar-refractivity contribution is 5.94. The van der Waals surface area contributed by atoms with Gasteiger partial charge >= 0.3 is 6.18 Å². The molecule has 1 amide bonds. The maximum atomic E-state index is 12.4. The highest BCUT2D eigenvalue weighted by Gasteiger charge is 2.38. The van der Waals surface area contributed by atoms with Crippen LogP contribution in [0, 0.1) is 0 Å². The second-order valence-corrected chi connectivity index (χ2v) is 2.71. The minimum Gasteiger partial charge on any atom is -0.280 e. The van der Waals surface area contributed by atoms with Crippen LogP contribution in [0.15, 0.2) is 12.3 Å². The Morgan fingerprint density at radius 2 is 2.13 bits per heavy atom. The molecule has 1 aromatic heterocycles. The lowest BCUT2D eigenvalue weighted by Crippen LogP contribution is -2.34. The summed E-state index contributed by atoms with van der Waals surface area (Å²) < 4.78 is 37.1. The van der Waals surface area contributed by atoms with E-state index >= 15 is 0 Å². The maximum absolute atomic E-state index is 12.4. The number of carbonyl (C=O) groups is 1. The number of hydrazine groups is 1. The van der Waals surface area contributed by atoms with E-state index < -0.39 is 23.3 Å². The summed E-state index contributed by atoms with van der Waals surface area (Å²) in [5.41, 5.74) is -1.96. The molecule has 15 heavy (non-hydrogen) atoms. The summed E-state index contributed by atoms with van der Waals surface area (Å²) in [6.07, 6.45) is -3.73. The third-order valence-electron chi connectivity index (χ3n) is 1.54. The van der Waals surface area contributed by atoms with E-state index in [0.29, 0.717) is 5.01 Å². The highest BCUT2D eigenvalue weighted by Crippen LogP contribution is 2.29. The van der Waals surface area contributed by atoms with Gasteiger partial charge in [-0.3, -0.25) is 9.80 Å². The van der Waals surface area contributed by atoms with Gasteiger partial charge in [-0.05, 0) is 6.07 Å². The molecule has 1 aromatic rings. The molecule has 0 bridgehead atoms. The largest absolute Gasteiger partial charge is 0.435 e. The molecule has 8 heteroatoms. The number of hydrogen-bond donors (Lipinski definition) is 1. The summed E-state index contributed by atoms with van der Waals surface area (Å²) in [5.74, 6) is 4.07. The Hall–Kier alpha value is -1.70. The van der Waals surface area contributed by atoms with Gasteiger partial charge in [0, 0.05) is 7.05 Å². The molecule has 0 unspecified atom stereocenters. The number of nitrogens with two attached hydrogens (primary N) is 1. The molecule has 0 radical (unpaired) electrons. The van der Waals surface area contributed by atoms with Gasteiger partial charge in [-0.15, -0.1) is 5.10 Å². The van der Waals surface area contributed by atoms with E-state index in [2.05, 4.69) is 10.2 Å². The number of aromatic nitrogens is 2. The van der Waals surface area contributed by atoms with E-state index in [1.165, 1.54) is 0 Å². The van der Waals surface area contributed by atoms with Crippen molar-refractivity contribution in [1.29, 1.82) is 0 Å². The second kappa shape index (κ2) is 3.81. The molecule has 0 fully saturated rings. The fourth-order valence-electron chi connectivity index (χ4n) is 0.904. The van der Waals surface area contributed by atoms with E-state index in [1.54, 1.807) is 0 Å². The third kappa shape index (κ3) is 2.40. The first-order valence-corrected chi connectivity index (χ1v) is 3.75. The van der Waals surface area contributed by atoms with Crippen molar-refractivity contribution in [1.82, 2.24) is 15.2 Å². The van der Waals surface area contributed by atoms with E-state index in [1.807, 2.05) is 0 Å². The van der Waals surface area contributed by atoms with Gasteiger partial charge in [0.15, 0.2) is 5.69 Å². The van der Waals surface area contributed by atoms with Crippen molar-refractivity contribution in [3.05, 3.63) is 23.5 Å². The van der Waals surface area contributed by atoms with Crippen LogP contribution in [0.25, 0.3) is 0 Å². The van der Waals surface area contributed by atoms with E-state index in [4.69, 9.17) is 5.84 Å². The molecule has 0 aliphatic rings. The molecule has 82 valence electrons. The topological polar surface area (TPSA) is 72.1 Å². The zero-order chi connectivity index (χ0) is 11.6. The Labute approximate surface area is 82.7 Å². The third-order valence-corrected chi connectivity index (χ3v) is 1.54. The molecular weight excluding hydrogens is 213 g/mol. The van der Waals surface area contributed by atoms with Gasteiger partial charge < -0.3 is 0 Å². The molecular formula is C7H7F3N4O. The number of carbonyl (C=O) groups excluding carboxylic acids is 1. The molecule has 0 saturated carbocycles. The normalized spacial score (nSPS) is 11.3. The predicted octanol–water partition coefficient (Wildman–Crippen LogP) is 0.441. The van der Waals surface area contributed by atoms with Crippen molar-refractivity contribution in [3.8, 4) is 0 Å². The molecule has 0 aromatic carbocycles. The van der Waals surface area contributed by atoms with Crippen molar-refractivity contribution in [2.24, 2.45) is 5.84 Å². The quantitative estimate of drug-likeness (QED) is 0.423. The van der Waals surface area contributed by atoms with Gasteiger partial charge in [-0.25, -0.2) is 5.84 Å². The van der Waals surface area contributed by atoms with Crippen molar-refractivity contribution in [3.63, 3.8) is 0 Å². The Morgan fingerprint density at radius 1 is 1.53 bits per heavy atom. The summed E-state index contributed by atoms with van der Waals surface area (Å²) in [4.78, 5) is 11.2. The lowest BCUT2D eigenvalue weighted by atomic mass is 10.2. The zero-order valence-electron chi connectivity index (χ0n) is 7.62. The number of alkyl halides is 3. The number of amides is 1. The molecule has 1 rings (SSSR count). The minimum absolute atomic E-state index is 0.548. The van der Waals surface area contributed by atoms with Gasteiger partial charge in [0.2, 0.25) is 0 Å². The molecule has 2 N–H and O–H groups in total. The summed E-state index contributed by atoms with van der Waals surface area (Å²) in [6, 6.07) is 0.918. The number of halogens is 3. The number of hydrogen-bond acceptors (Lipinski definition) is 4. The van der Waals surface area contributed by atoms with E-state index in [9.17, 15) is 18.0 Å². The molecule has 0 saturated heterocycles. The Balaban J connectivity index is 3.25. The van der Waals surface area contributed by atoms with Gasteiger partial charge in [0.05, 0.1) is 11.8 Å². The average Bonchev–Trinajstić information content (AvgIpc) is 2.15. The van der Waals surface area contributed by atoms with Gasteiger partial charge in [0.25, 0.3) is 5.91 Å². The van der Waals surface area contributed by atoms with Crippen molar-refractivity contribution in [2.45, 2.75) is 6.18 Å². The van der Waals surface area contributed by atoms with Crippen LogP contribution in [0.5, 0.6) is 0 Å². The summed E-state index contributed by atoms with van der Waals surface area (Å²) in [5, 5.41) is 6.50. The summed E-state index contributed by atoms with van der Waals surface area (Å²) >= 11 is 0. The lowest BCUT2D eigenvalue weighted by molar-refractivity contribution is -0.142. The van der Waals surface area contributed by atoms with Crippen LogP contribution in [0.1, 0.15) is 16.1 Å². The van der Waals surface area contributed by atoms with Crippen LogP contribution in [0.4, 0.5) is 13.2 Å². The molecule has 5 nitrogen and oxygen atoms in total. The maximum Gasteiger partial charge on any atom is 0.435 e. The standard InChI is InChI=1S/C7H7F3N4O/c1-14(11)6(15)4-2-3-12-13-5(4)7(8,9)10/h2-3H,11H2,1H3. The monoisotopic (exact) mass is 220 g/mol. The molecule has 0 atom stereocenters. The first-order chi connectivity index (χ1) is 6.84. The van der Waals surface area contributed by atoms with Crippen molar-refractivity contribution < 1.29 is 18.0 Å². The van der Waals surface area contributed by atoms with Gasteiger partial charge in [0.1, 0.15) is 0 Å². The fraction of sp³-hybridized carbons (Fsp3) is 0.286. The van der Waals surface area contributed by atoms with E-state index in [0.717, 1.165) is 19.3 Å². The minimum atomic E-state index is -4.73. The Morgan fingerprint density at radius 3 is 2.60 bits per heavy atom. The predicted molar refractivity (Wildman–Crippen MR) is 43.3 cm³/mol. The van der Waals surface area contributed by atoms with Crippen LogP contribution >= 0.6 is 0 Å². The summed E-state index contributed by atoms with van der Waals surface area (Å²) in [6.45, 7) is 0. The molecule has 0 spiro atoms. The van der Waals surface area contributed by atoms with Crippen LogP contribution in [0.3, 0.4) is 0 Å². The van der Waals surface area contributed by atoms with Gasteiger partial charge in [-0.1, -0.05) is 0 Å². The lowest BCUT2D eigenvalue weighted by Gasteiger charge is -2.13. The van der Waals surface area contributed by atoms with Crippen molar-refractivity contribution >= 4 is 5.91 Å². The highest BCUT2D eigenvalue weighted by atomic mass is 19.4. The average molecular weight is 220 g/mol. The Bertz CT molecular complexity index is 377. The fourth-order valence-corrected chi connectivity index (χ4v) is 0.904. The first-order valence-electron chi connectivity index (χ1n) is 3.75. The van der Waals surface area contributed by atoms with Crippen molar-refractivity contribution in [2.75, 3.05) is 7.05 Å².